The van der Waals surface area contributed by atoms with Crippen LogP contribution in [0.3, 0.4) is 0 Å². The number of amides is 1. The molecule has 1 N–H and O–H groups in total. The highest BCUT2D eigenvalue weighted by molar-refractivity contribution is 5.91. The molecule has 0 atom stereocenters. The third kappa shape index (κ3) is 4.08. The molecule has 0 aliphatic rings. The minimum absolute atomic E-state index is 0.149. The zero-order chi connectivity index (χ0) is 23.0. The van der Waals surface area contributed by atoms with Crippen LogP contribution < -0.4 is 5.32 Å². The number of benzene rings is 1. The molecule has 2 aromatic heterocycles. The van der Waals surface area contributed by atoms with Gasteiger partial charge in [0.15, 0.2) is 23.3 Å². The van der Waals surface area contributed by atoms with Crippen molar-refractivity contribution < 1.29 is 31.7 Å². The zero-order valence-electron chi connectivity index (χ0n) is 15.9. The lowest BCUT2D eigenvalue weighted by molar-refractivity contribution is -0.389. The van der Waals surface area contributed by atoms with Gasteiger partial charge in [-0.25, -0.2) is 22.0 Å². The first-order valence-electron chi connectivity index (χ1n) is 8.53. The summed E-state index contributed by atoms with van der Waals surface area (Å²) in [6, 6.07) is 1.10. The second-order valence-corrected chi connectivity index (χ2v) is 6.43. The van der Waals surface area contributed by atoms with E-state index in [9.17, 15) is 36.9 Å². The van der Waals surface area contributed by atoms with Crippen molar-refractivity contribution in [1.82, 2.24) is 19.6 Å². The number of nitro groups is 1. The number of aromatic nitrogens is 4. The number of nitrogens with one attached hydrogen (secondary N) is 1. The van der Waals surface area contributed by atoms with Crippen LogP contribution in [0.4, 0.5) is 33.5 Å². The molecule has 1 amide bonds. The number of aryl methyl sites for hydroxylation is 1. The minimum Gasteiger partial charge on any atom is -0.358 e. The van der Waals surface area contributed by atoms with Gasteiger partial charge in [0.25, 0.3) is 0 Å². The summed E-state index contributed by atoms with van der Waals surface area (Å²) < 4.78 is 70.0. The topological polar surface area (TPSA) is 108 Å². The second-order valence-electron chi connectivity index (χ2n) is 6.43. The van der Waals surface area contributed by atoms with Crippen molar-refractivity contribution in [3.05, 3.63) is 68.4 Å². The fraction of sp³-hybridized carbons (Fsp3) is 0.235. The van der Waals surface area contributed by atoms with Crippen LogP contribution in [-0.2, 0) is 17.9 Å². The van der Waals surface area contributed by atoms with Crippen LogP contribution in [0.25, 0.3) is 0 Å². The van der Waals surface area contributed by atoms with Crippen molar-refractivity contribution >= 4 is 17.4 Å². The highest BCUT2D eigenvalue weighted by Crippen LogP contribution is 2.26. The quantitative estimate of drug-likeness (QED) is 0.207. The van der Waals surface area contributed by atoms with Gasteiger partial charge in [-0.15, -0.1) is 0 Å². The fourth-order valence-corrected chi connectivity index (χ4v) is 2.83. The Kier molecular flexibility index (Phi) is 5.73. The predicted octanol–water partition coefficient (Wildman–Crippen LogP) is 2.99. The maximum absolute atomic E-state index is 13.9. The number of anilines is 1. The molecular weight excluding hydrogens is 431 g/mol. The molecule has 1 aromatic carbocycles. The standard InChI is InChI=1S/C17H13F5N6O3/c1-7-17(23-11(29)6-26-4-3-10(25-26)28(30)31)8(2)27(24-7)5-9-12(18)14(20)16(22)15(21)13(9)19/h3-4H,5-6H2,1-2H3,(H,23,29). The summed E-state index contributed by atoms with van der Waals surface area (Å²) in [5, 5.41) is 20.7. The maximum Gasteiger partial charge on any atom is 0.389 e. The summed E-state index contributed by atoms with van der Waals surface area (Å²) in [4.78, 5) is 22.1. The highest BCUT2D eigenvalue weighted by atomic mass is 19.2. The highest BCUT2D eigenvalue weighted by Gasteiger charge is 2.27. The van der Waals surface area contributed by atoms with Gasteiger partial charge >= 0.3 is 5.82 Å². The number of hydrogen-bond donors (Lipinski definition) is 1. The van der Waals surface area contributed by atoms with Gasteiger partial charge in [0.1, 0.15) is 6.54 Å². The Labute approximate surface area is 170 Å². The molecule has 14 heteroatoms. The molecular formula is C17H13F5N6O3. The van der Waals surface area contributed by atoms with E-state index in [-0.39, 0.29) is 23.6 Å². The van der Waals surface area contributed by atoms with Crippen molar-refractivity contribution in [3.63, 3.8) is 0 Å². The number of rotatable bonds is 6. The van der Waals surface area contributed by atoms with Gasteiger partial charge in [-0.1, -0.05) is 0 Å². The predicted molar refractivity (Wildman–Crippen MR) is 94.5 cm³/mol. The number of carbonyl (C=O) groups excluding carboxylic acids is 1. The normalized spacial score (nSPS) is 11.1. The van der Waals surface area contributed by atoms with Gasteiger partial charge in [-0.05, 0) is 18.8 Å². The maximum atomic E-state index is 13.9. The van der Waals surface area contributed by atoms with Crippen molar-refractivity contribution in [2.24, 2.45) is 0 Å². The van der Waals surface area contributed by atoms with E-state index in [1.807, 2.05) is 0 Å². The molecule has 0 aliphatic heterocycles. The average molecular weight is 444 g/mol. The van der Waals surface area contributed by atoms with E-state index in [0.717, 1.165) is 15.4 Å². The molecule has 0 spiro atoms. The van der Waals surface area contributed by atoms with E-state index in [4.69, 9.17) is 0 Å². The summed E-state index contributed by atoms with van der Waals surface area (Å²) >= 11 is 0. The molecule has 164 valence electrons. The molecule has 31 heavy (non-hydrogen) atoms. The molecule has 0 saturated heterocycles. The Balaban J connectivity index is 1.83. The number of nitrogens with zero attached hydrogens (tertiary/aromatic N) is 5. The number of halogens is 5. The first-order valence-corrected chi connectivity index (χ1v) is 8.53. The van der Waals surface area contributed by atoms with E-state index in [1.165, 1.54) is 20.0 Å². The molecule has 0 aliphatic carbocycles. The van der Waals surface area contributed by atoms with E-state index >= 15 is 0 Å². The van der Waals surface area contributed by atoms with E-state index < -0.39 is 57.8 Å². The molecule has 3 rings (SSSR count). The Morgan fingerprint density at radius 2 is 1.65 bits per heavy atom. The third-order valence-corrected chi connectivity index (χ3v) is 4.37. The lowest BCUT2D eigenvalue weighted by Gasteiger charge is -2.10. The molecule has 0 radical (unpaired) electrons. The summed E-state index contributed by atoms with van der Waals surface area (Å²) in [6.45, 7) is 1.71. The lowest BCUT2D eigenvalue weighted by Crippen LogP contribution is -2.20. The SMILES string of the molecule is Cc1nn(Cc2c(F)c(F)c(F)c(F)c2F)c(C)c1NC(=O)Cn1ccc([N+](=O)[O-])n1. The summed E-state index contributed by atoms with van der Waals surface area (Å²) in [5.41, 5.74) is -0.540. The molecule has 0 fully saturated rings. The van der Waals surface area contributed by atoms with Crippen LogP contribution in [0.15, 0.2) is 12.3 Å². The summed E-state index contributed by atoms with van der Waals surface area (Å²) in [7, 11) is 0. The second kappa shape index (κ2) is 8.12. The van der Waals surface area contributed by atoms with Crippen molar-refractivity contribution in [2.45, 2.75) is 26.9 Å². The Morgan fingerprint density at radius 3 is 2.19 bits per heavy atom. The average Bonchev–Trinajstić information content (AvgIpc) is 3.28. The van der Waals surface area contributed by atoms with Crippen LogP contribution in [0.1, 0.15) is 17.0 Å². The van der Waals surface area contributed by atoms with Gasteiger partial charge < -0.3 is 15.4 Å². The zero-order valence-corrected chi connectivity index (χ0v) is 15.9. The van der Waals surface area contributed by atoms with E-state index in [1.54, 1.807) is 0 Å². The van der Waals surface area contributed by atoms with Crippen LogP contribution in [-0.4, -0.2) is 30.4 Å². The summed E-state index contributed by atoms with van der Waals surface area (Å²) in [5.74, 6) is -11.5. The van der Waals surface area contributed by atoms with Gasteiger partial charge in [0.2, 0.25) is 11.7 Å². The molecule has 0 unspecified atom stereocenters. The first kappa shape index (κ1) is 21.9. The van der Waals surface area contributed by atoms with Crippen LogP contribution in [0, 0.1) is 53.0 Å². The number of hydrogen-bond acceptors (Lipinski definition) is 5. The van der Waals surface area contributed by atoms with Crippen LogP contribution >= 0.6 is 0 Å². The lowest BCUT2D eigenvalue weighted by atomic mass is 10.1. The fourth-order valence-electron chi connectivity index (χ4n) is 2.83. The van der Waals surface area contributed by atoms with Crippen LogP contribution in [0.5, 0.6) is 0 Å². The van der Waals surface area contributed by atoms with E-state index in [0.29, 0.717) is 0 Å². The largest absolute Gasteiger partial charge is 0.389 e. The van der Waals surface area contributed by atoms with Crippen molar-refractivity contribution in [1.29, 1.82) is 0 Å². The molecule has 9 nitrogen and oxygen atoms in total. The van der Waals surface area contributed by atoms with E-state index in [2.05, 4.69) is 15.5 Å². The smallest absolute Gasteiger partial charge is 0.358 e. The minimum atomic E-state index is -2.26. The van der Waals surface area contributed by atoms with Gasteiger partial charge in [-0.2, -0.15) is 9.78 Å². The van der Waals surface area contributed by atoms with Crippen LogP contribution in [0.2, 0.25) is 0 Å². The Hall–Kier alpha value is -3.84. The number of carbonyl (C=O) groups is 1. The third-order valence-electron chi connectivity index (χ3n) is 4.37. The Morgan fingerprint density at radius 1 is 1.06 bits per heavy atom. The van der Waals surface area contributed by atoms with Crippen molar-refractivity contribution in [3.8, 4) is 0 Å². The van der Waals surface area contributed by atoms with Gasteiger partial charge in [-0.3, -0.25) is 9.48 Å². The Bertz CT molecular complexity index is 1180. The monoisotopic (exact) mass is 444 g/mol. The van der Waals surface area contributed by atoms with Gasteiger partial charge in [0.05, 0.1) is 46.5 Å². The van der Waals surface area contributed by atoms with Gasteiger partial charge in [0, 0.05) is 0 Å². The van der Waals surface area contributed by atoms with Crippen molar-refractivity contribution in [2.75, 3.05) is 5.32 Å². The molecule has 3 aromatic rings. The first-order chi connectivity index (χ1) is 14.5. The molecule has 2 heterocycles. The molecule has 0 saturated carbocycles. The molecule has 0 bridgehead atoms. The summed E-state index contributed by atoms with van der Waals surface area (Å²) in [6.07, 6.45) is 1.23.